The number of hydrogen-bond acceptors (Lipinski definition) is 7. The van der Waals surface area contributed by atoms with E-state index in [-0.39, 0.29) is 23.5 Å². The molecule has 2 aromatic carbocycles. The molecule has 0 saturated carbocycles. The molecular weight excluding hydrogens is 689 g/mol. The molecule has 8 nitrogen and oxygen atoms in total. The van der Waals surface area contributed by atoms with Crippen LogP contribution in [0.4, 0.5) is 5.82 Å². The van der Waals surface area contributed by atoms with E-state index in [1.165, 1.54) is 10.4 Å². The van der Waals surface area contributed by atoms with Gasteiger partial charge >= 0.3 is 0 Å². The Hall–Kier alpha value is -2.29. The lowest BCUT2D eigenvalue weighted by Crippen LogP contribution is -2.67. The second kappa shape index (κ2) is 13.8. The van der Waals surface area contributed by atoms with E-state index >= 15 is 0 Å². The van der Waals surface area contributed by atoms with Crippen LogP contribution in [0.1, 0.15) is 33.4 Å². The highest BCUT2D eigenvalue weighted by Gasteiger charge is 2.51. The Balaban J connectivity index is 1.49. The minimum Gasteiger partial charge on any atom is -0.405 e. The number of fused-ring (bicyclic) bond motifs is 1. The summed E-state index contributed by atoms with van der Waals surface area (Å²) in [5, 5.41) is 3.28. The Morgan fingerprint density at radius 3 is 2.33 bits per heavy atom. The van der Waals surface area contributed by atoms with Crippen molar-refractivity contribution in [3.8, 4) is 0 Å². The van der Waals surface area contributed by atoms with E-state index in [0.717, 1.165) is 14.6 Å². The fourth-order valence-corrected chi connectivity index (χ4v) is 11.5. The molecule has 1 saturated heterocycles. The molecule has 43 heavy (non-hydrogen) atoms. The summed E-state index contributed by atoms with van der Waals surface area (Å²) in [5.41, 5.74) is 0.799. The molecule has 0 unspecified atom stereocenters. The molecule has 0 aliphatic carbocycles. The molecular formula is C32H40IN5O3SSi. The number of ether oxygens (including phenoxy) is 2. The minimum absolute atomic E-state index is 0.126. The van der Waals surface area contributed by atoms with Gasteiger partial charge in [0.1, 0.15) is 24.3 Å². The number of aliphatic imine (C=N–C) groups is 1. The Bertz CT molecular complexity index is 1490. The molecule has 2 aromatic heterocycles. The van der Waals surface area contributed by atoms with E-state index in [0.29, 0.717) is 24.8 Å². The van der Waals surface area contributed by atoms with Crippen molar-refractivity contribution in [3.05, 3.63) is 76.8 Å². The van der Waals surface area contributed by atoms with Gasteiger partial charge in [0.15, 0.2) is 5.82 Å². The molecule has 3 heterocycles. The summed E-state index contributed by atoms with van der Waals surface area (Å²) in [6, 6.07) is 21.4. The first-order valence-electron chi connectivity index (χ1n) is 14.4. The first-order valence-corrected chi connectivity index (χ1v) is 18.8. The van der Waals surface area contributed by atoms with Crippen LogP contribution in [0.2, 0.25) is 5.04 Å². The number of thioether (sulfide) groups is 1. The van der Waals surface area contributed by atoms with E-state index < -0.39 is 8.32 Å². The van der Waals surface area contributed by atoms with Crippen LogP contribution >= 0.6 is 34.4 Å². The summed E-state index contributed by atoms with van der Waals surface area (Å²) in [5.74, 6) is 1.23. The topological polar surface area (TPSA) is 74.0 Å². The predicted octanol–water partition coefficient (Wildman–Crippen LogP) is 5.83. The molecule has 5 rings (SSSR count). The Labute approximate surface area is 273 Å². The van der Waals surface area contributed by atoms with Crippen molar-refractivity contribution in [3.63, 3.8) is 0 Å². The Morgan fingerprint density at radius 2 is 1.74 bits per heavy atom. The average molecular weight is 730 g/mol. The van der Waals surface area contributed by atoms with Crippen LogP contribution in [-0.4, -0.2) is 79.2 Å². The highest BCUT2D eigenvalue weighted by Crippen LogP contribution is 2.40. The summed E-state index contributed by atoms with van der Waals surface area (Å²) in [6.45, 7) is 7.31. The summed E-state index contributed by atoms with van der Waals surface area (Å²) in [6.07, 6.45) is 7.51. The Kier molecular flexibility index (Phi) is 10.3. The van der Waals surface area contributed by atoms with Crippen LogP contribution in [0.3, 0.4) is 0 Å². The first-order chi connectivity index (χ1) is 20.7. The van der Waals surface area contributed by atoms with Crippen molar-refractivity contribution in [1.29, 1.82) is 0 Å². The molecule has 0 bridgehead atoms. The smallest absolute Gasteiger partial charge is 0.261 e. The van der Waals surface area contributed by atoms with Crippen LogP contribution in [0.15, 0.2) is 78.2 Å². The molecule has 1 aliphatic rings. The van der Waals surface area contributed by atoms with Gasteiger partial charge < -0.3 is 23.4 Å². The van der Waals surface area contributed by atoms with Gasteiger partial charge in [0.05, 0.1) is 30.4 Å². The highest BCUT2D eigenvalue weighted by molar-refractivity contribution is 14.1. The third-order valence-corrected chi connectivity index (χ3v) is 13.9. The van der Waals surface area contributed by atoms with Crippen molar-refractivity contribution in [2.75, 3.05) is 32.9 Å². The van der Waals surface area contributed by atoms with E-state index in [1.54, 1.807) is 24.4 Å². The molecule has 0 N–H and O–H groups in total. The zero-order valence-corrected chi connectivity index (χ0v) is 29.6. The fraction of sp³-hybridized carbons (Fsp3) is 0.406. The lowest BCUT2D eigenvalue weighted by molar-refractivity contribution is -0.0500. The molecule has 0 spiro atoms. The van der Waals surface area contributed by atoms with Gasteiger partial charge in [-0.05, 0) is 44.3 Å². The van der Waals surface area contributed by atoms with Gasteiger partial charge in [0.25, 0.3) is 8.32 Å². The number of hydrogen-bond donors (Lipinski definition) is 0. The van der Waals surface area contributed by atoms with Crippen LogP contribution in [0.25, 0.3) is 11.0 Å². The van der Waals surface area contributed by atoms with Crippen LogP contribution in [0, 0.1) is 3.57 Å². The zero-order chi connectivity index (χ0) is 30.6. The molecule has 4 aromatic rings. The van der Waals surface area contributed by atoms with Gasteiger partial charge in [-0.2, -0.15) is 0 Å². The quantitative estimate of drug-likeness (QED) is 0.0633. The first kappa shape index (κ1) is 32.1. The maximum atomic E-state index is 7.28. The summed E-state index contributed by atoms with van der Waals surface area (Å²) in [7, 11) is 1.14. The number of benzene rings is 2. The van der Waals surface area contributed by atoms with E-state index in [4.69, 9.17) is 13.9 Å². The van der Waals surface area contributed by atoms with Crippen molar-refractivity contribution >= 4 is 76.2 Å². The van der Waals surface area contributed by atoms with Crippen molar-refractivity contribution < 1.29 is 13.9 Å². The number of rotatable bonds is 11. The number of halogens is 1. The monoisotopic (exact) mass is 729 g/mol. The predicted molar refractivity (Wildman–Crippen MR) is 187 cm³/mol. The normalized spacial score (nSPS) is 19.5. The molecule has 0 amide bonds. The average Bonchev–Trinajstić information content (AvgIpc) is 3.56. The highest BCUT2D eigenvalue weighted by atomic mass is 127. The largest absolute Gasteiger partial charge is 0.405 e. The summed E-state index contributed by atoms with van der Waals surface area (Å²) < 4.78 is 23.6. The van der Waals surface area contributed by atoms with Gasteiger partial charge in [-0.15, -0.1) is 11.8 Å². The van der Waals surface area contributed by atoms with Gasteiger partial charge in [-0.3, -0.25) is 0 Å². The van der Waals surface area contributed by atoms with Gasteiger partial charge in [-0.25, -0.2) is 15.0 Å². The number of nitrogens with zero attached hydrogens (tertiary/aromatic N) is 5. The molecule has 1 aliphatic heterocycles. The molecule has 228 valence electrons. The van der Waals surface area contributed by atoms with Crippen LogP contribution in [-0.2, 0) is 13.9 Å². The standard InChI is InChI=1S/C32H40IN5O3SSi/c1-32(2,3)43(23-13-9-7-10-14-23,24-15-11-8-12-16-24)40-19-27-26(39-22-42-6)17-28(41-27)38-18-25(33)29-30(36-21-37(4)5)34-20-35-31(29)38/h7-16,18,20-21,26-28H,17,19,22H2,1-6H3/b36-21+/t26-,27-,28-/m1/s1. The Morgan fingerprint density at radius 1 is 1.09 bits per heavy atom. The van der Waals surface area contributed by atoms with Gasteiger partial charge in [-0.1, -0.05) is 81.4 Å². The minimum atomic E-state index is -2.73. The van der Waals surface area contributed by atoms with E-state index in [9.17, 15) is 0 Å². The maximum Gasteiger partial charge on any atom is 0.261 e. The summed E-state index contributed by atoms with van der Waals surface area (Å²) in [4.78, 5) is 15.6. The molecule has 1 fully saturated rings. The summed E-state index contributed by atoms with van der Waals surface area (Å²) >= 11 is 4.00. The lowest BCUT2D eigenvalue weighted by atomic mass is 10.2. The lowest BCUT2D eigenvalue weighted by Gasteiger charge is -2.43. The third kappa shape index (κ3) is 6.71. The zero-order valence-electron chi connectivity index (χ0n) is 25.6. The van der Waals surface area contributed by atoms with Crippen LogP contribution in [0.5, 0.6) is 0 Å². The van der Waals surface area contributed by atoms with Gasteiger partial charge in [0.2, 0.25) is 0 Å². The van der Waals surface area contributed by atoms with Crippen molar-refractivity contribution in [2.45, 2.75) is 50.7 Å². The second-order valence-corrected chi connectivity index (χ2v) is 18.2. The second-order valence-electron chi connectivity index (χ2n) is 11.9. The fourth-order valence-electron chi connectivity index (χ4n) is 5.83. The molecule has 0 radical (unpaired) electrons. The van der Waals surface area contributed by atoms with Crippen LogP contribution < -0.4 is 10.4 Å². The molecule has 11 heteroatoms. The van der Waals surface area contributed by atoms with E-state index in [1.807, 2.05) is 19.0 Å². The van der Waals surface area contributed by atoms with Gasteiger partial charge in [0, 0.05) is 30.3 Å². The maximum absolute atomic E-state index is 7.28. The SMILES string of the molecule is CSCO[C@@H]1C[C@H](n2cc(I)c3c(/N=C/N(C)C)ncnc32)O[C@@H]1CO[Si](c1ccccc1)(c1ccccc1)C(C)(C)C. The third-order valence-electron chi connectivity index (χ3n) is 7.73. The van der Waals surface area contributed by atoms with Crippen molar-refractivity contribution in [2.24, 2.45) is 4.99 Å². The molecule has 3 atom stereocenters. The number of aromatic nitrogens is 3. The van der Waals surface area contributed by atoms with E-state index in [2.05, 4.69) is 136 Å². The van der Waals surface area contributed by atoms with Crippen molar-refractivity contribution in [1.82, 2.24) is 19.4 Å².